The summed E-state index contributed by atoms with van der Waals surface area (Å²) in [5.74, 6) is 2.52. The second kappa shape index (κ2) is 8.90. The lowest BCUT2D eigenvalue weighted by atomic mass is 10.1. The number of anilines is 4. The van der Waals surface area contributed by atoms with Crippen LogP contribution in [0.2, 0.25) is 0 Å². The van der Waals surface area contributed by atoms with Gasteiger partial charge < -0.3 is 24.8 Å². The second-order valence-corrected chi connectivity index (χ2v) is 5.88. The maximum atomic E-state index is 5.37. The Kier molecular flexibility index (Phi) is 6.11. The van der Waals surface area contributed by atoms with Gasteiger partial charge in [0, 0.05) is 23.5 Å². The van der Waals surface area contributed by atoms with Crippen molar-refractivity contribution < 1.29 is 14.2 Å². The third-order valence-corrected chi connectivity index (χ3v) is 4.11. The maximum absolute atomic E-state index is 5.37. The molecule has 0 aliphatic heterocycles. The van der Waals surface area contributed by atoms with E-state index in [1.54, 1.807) is 33.5 Å². The van der Waals surface area contributed by atoms with Crippen LogP contribution in [-0.4, -0.2) is 36.5 Å². The highest BCUT2D eigenvalue weighted by Gasteiger charge is 2.14. The summed E-state index contributed by atoms with van der Waals surface area (Å²) < 4.78 is 16.1. The summed E-state index contributed by atoms with van der Waals surface area (Å²) in [7, 11) is 4.70. The molecule has 1 aromatic heterocycles. The molecule has 8 nitrogen and oxygen atoms in total. The summed E-state index contributed by atoms with van der Waals surface area (Å²) in [5, 5.41) is 14.4. The summed E-state index contributed by atoms with van der Waals surface area (Å²) in [6.45, 7) is 2.12. The van der Waals surface area contributed by atoms with Gasteiger partial charge in [0.25, 0.3) is 0 Å². The first kappa shape index (κ1) is 19.2. The molecule has 0 spiro atoms. The van der Waals surface area contributed by atoms with E-state index >= 15 is 0 Å². The third-order valence-electron chi connectivity index (χ3n) is 4.11. The number of nitrogens with zero attached hydrogens (tertiary/aromatic N) is 3. The van der Waals surface area contributed by atoms with Gasteiger partial charge in [0.1, 0.15) is 0 Å². The highest BCUT2D eigenvalue weighted by molar-refractivity contribution is 5.67. The van der Waals surface area contributed by atoms with Gasteiger partial charge in [0.15, 0.2) is 17.3 Å². The van der Waals surface area contributed by atoms with E-state index in [-0.39, 0.29) is 0 Å². The van der Waals surface area contributed by atoms with Gasteiger partial charge in [0.2, 0.25) is 11.7 Å². The van der Waals surface area contributed by atoms with Crippen molar-refractivity contribution in [3.63, 3.8) is 0 Å². The van der Waals surface area contributed by atoms with Crippen LogP contribution < -0.4 is 24.8 Å². The minimum Gasteiger partial charge on any atom is -0.493 e. The average molecular weight is 381 g/mol. The number of methoxy groups -OCH3 is 3. The van der Waals surface area contributed by atoms with Crippen molar-refractivity contribution in [2.75, 3.05) is 32.0 Å². The fourth-order valence-electron chi connectivity index (χ4n) is 2.67. The Labute approximate surface area is 163 Å². The monoisotopic (exact) mass is 381 g/mol. The van der Waals surface area contributed by atoms with E-state index in [2.05, 4.69) is 44.9 Å². The summed E-state index contributed by atoms with van der Waals surface area (Å²) in [5.41, 5.74) is 2.87. The predicted octanol–water partition coefficient (Wildman–Crippen LogP) is 3.95. The number of hydrogen-bond donors (Lipinski definition) is 2. The highest BCUT2D eigenvalue weighted by Crippen LogP contribution is 2.40. The summed E-state index contributed by atoms with van der Waals surface area (Å²) in [6.07, 6.45) is 2.53. The lowest BCUT2D eigenvalue weighted by Crippen LogP contribution is -2.03. The largest absolute Gasteiger partial charge is 0.493 e. The molecule has 0 radical (unpaired) electrons. The van der Waals surface area contributed by atoms with Crippen molar-refractivity contribution in [3.05, 3.63) is 48.2 Å². The zero-order chi connectivity index (χ0) is 19.9. The van der Waals surface area contributed by atoms with Crippen LogP contribution in [0.3, 0.4) is 0 Å². The molecule has 146 valence electrons. The molecule has 2 aromatic carbocycles. The number of nitrogens with one attached hydrogen (secondary N) is 2. The maximum Gasteiger partial charge on any atom is 0.249 e. The molecule has 3 aromatic rings. The molecule has 0 saturated heterocycles. The van der Waals surface area contributed by atoms with E-state index in [9.17, 15) is 0 Å². The summed E-state index contributed by atoms with van der Waals surface area (Å²) in [4.78, 5) is 4.45. The van der Waals surface area contributed by atoms with E-state index in [4.69, 9.17) is 14.2 Å². The summed E-state index contributed by atoms with van der Waals surface area (Å²) >= 11 is 0. The molecule has 2 N–H and O–H groups in total. The van der Waals surface area contributed by atoms with Crippen LogP contribution in [0, 0.1) is 0 Å². The van der Waals surface area contributed by atoms with Gasteiger partial charge >= 0.3 is 0 Å². The van der Waals surface area contributed by atoms with E-state index in [1.165, 1.54) is 11.8 Å². The van der Waals surface area contributed by atoms with Crippen LogP contribution in [0.5, 0.6) is 17.2 Å². The number of benzene rings is 2. The molecular weight excluding hydrogens is 358 g/mol. The van der Waals surface area contributed by atoms with Crippen LogP contribution in [0.15, 0.2) is 42.6 Å². The van der Waals surface area contributed by atoms with Gasteiger partial charge in [-0.25, -0.2) is 0 Å². The number of hydrogen-bond acceptors (Lipinski definition) is 8. The van der Waals surface area contributed by atoms with E-state index < -0.39 is 0 Å². The zero-order valence-corrected chi connectivity index (χ0v) is 16.3. The standard InChI is InChI=1S/C20H23N5O3/c1-5-13-6-8-14(9-7-13)23-20-24-18(12-21-25-20)22-15-10-16(26-2)19(28-4)17(11-15)27-3/h6-12H,5H2,1-4H3,(H2,22,23,24,25). The number of ether oxygens (including phenoxy) is 3. The van der Waals surface area contributed by atoms with Gasteiger partial charge in [-0.3, -0.25) is 0 Å². The second-order valence-electron chi connectivity index (χ2n) is 5.88. The summed E-state index contributed by atoms with van der Waals surface area (Å²) in [6, 6.07) is 11.7. The van der Waals surface area contributed by atoms with Gasteiger partial charge in [-0.1, -0.05) is 19.1 Å². The number of rotatable bonds is 8. The molecule has 0 aliphatic rings. The van der Waals surface area contributed by atoms with Crippen molar-refractivity contribution in [3.8, 4) is 17.2 Å². The van der Waals surface area contributed by atoms with Gasteiger partial charge in [-0.15, -0.1) is 5.10 Å². The van der Waals surface area contributed by atoms with Crippen LogP contribution >= 0.6 is 0 Å². The molecule has 0 atom stereocenters. The van der Waals surface area contributed by atoms with Crippen LogP contribution in [0.1, 0.15) is 12.5 Å². The zero-order valence-electron chi connectivity index (χ0n) is 16.3. The molecule has 0 saturated carbocycles. The quantitative estimate of drug-likeness (QED) is 0.606. The first-order valence-electron chi connectivity index (χ1n) is 8.79. The Morgan fingerprint density at radius 2 is 1.54 bits per heavy atom. The van der Waals surface area contributed by atoms with E-state index in [0.29, 0.717) is 34.7 Å². The molecule has 0 amide bonds. The lowest BCUT2D eigenvalue weighted by molar-refractivity contribution is 0.324. The van der Waals surface area contributed by atoms with Crippen molar-refractivity contribution in [2.24, 2.45) is 0 Å². The smallest absolute Gasteiger partial charge is 0.249 e. The molecule has 0 bridgehead atoms. The topological polar surface area (TPSA) is 90.4 Å². The number of aromatic nitrogens is 3. The van der Waals surface area contributed by atoms with Crippen LogP contribution in [0.4, 0.5) is 23.1 Å². The average Bonchev–Trinajstić information content (AvgIpc) is 2.73. The molecule has 0 unspecified atom stereocenters. The van der Waals surface area contributed by atoms with Crippen LogP contribution in [0.25, 0.3) is 0 Å². The van der Waals surface area contributed by atoms with Crippen molar-refractivity contribution in [1.29, 1.82) is 0 Å². The SMILES string of the molecule is CCc1ccc(Nc2nncc(Nc3cc(OC)c(OC)c(OC)c3)n2)cc1. The van der Waals surface area contributed by atoms with Crippen molar-refractivity contribution >= 4 is 23.1 Å². The fraction of sp³-hybridized carbons (Fsp3) is 0.250. The van der Waals surface area contributed by atoms with Gasteiger partial charge in [0.05, 0.1) is 27.5 Å². The molecule has 1 heterocycles. The number of aryl methyl sites for hydroxylation is 1. The predicted molar refractivity (Wildman–Crippen MR) is 108 cm³/mol. The molecule has 0 aliphatic carbocycles. The van der Waals surface area contributed by atoms with Gasteiger partial charge in [-0.2, -0.15) is 10.1 Å². The van der Waals surface area contributed by atoms with Crippen molar-refractivity contribution in [1.82, 2.24) is 15.2 Å². The minimum absolute atomic E-state index is 0.390. The fourth-order valence-corrected chi connectivity index (χ4v) is 2.67. The Hall–Kier alpha value is -3.55. The Balaban J connectivity index is 1.80. The lowest BCUT2D eigenvalue weighted by Gasteiger charge is -2.15. The third kappa shape index (κ3) is 4.40. The Morgan fingerprint density at radius 3 is 2.11 bits per heavy atom. The molecule has 28 heavy (non-hydrogen) atoms. The van der Waals surface area contributed by atoms with Gasteiger partial charge in [-0.05, 0) is 24.1 Å². The Morgan fingerprint density at radius 1 is 0.857 bits per heavy atom. The molecular formula is C20H23N5O3. The van der Waals surface area contributed by atoms with E-state index in [1.807, 2.05) is 12.1 Å². The highest BCUT2D eigenvalue weighted by atomic mass is 16.5. The molecule has 3 rings (SSSR count). The minimum atomic E-state index is 0.390. The van der Waals surface area contributed by atoms with Crippen molar-refractivity contribution in [2.45, 2.75) is 13.3 Å². The van der Waals surface area contributed by atoms with Crippen LogP contribution in [-0.2, 0) is 6.42 Å². The van der Waals surface area contributed by atoms with E-state index in [0.717, 1.165) is 12.1 Å². The molecule has 0 fully saturated rings. The Bertz CT molecular complexity index is 906. The first-order chi connectivity index (χ1) is 13.7. The molecule has 8 heteroatoms. The normalized spacial score (nSPS) is 10.3. The first-order valence-corrected chi connectivity index (χ1v) is 8.79.